The van der Waals surface area contributed by atoms with Crippen LogP contribution >= 0.6 is 0 Å². The van der Waals surface area contributed by atoms with E-state index in [2.05, 4.69) is 9.97 Å². The third-order valence-corrected chi connectivity index (χ3v) is 2.46. The van der Waals surface area contributed by atoms with Crippen molar-refractivity contribution in [2.45, 2.75) is 32.4 Å². The highest BCUT2D eigenvalue weighted by Gasteiger charge is 2.30. The van der Waals surface area contributed by atoms with Crippen molar-refractivity contribution in [3.63, 3.8) is 0 Å². The molecule has 3 heteroatoms. The summed E-state index contributed by atoms with van der Waals surface area (Å²) in [6.45, 7) is 3.93. The summed E-state index contributed by atoms with van der Waals surface area (Å²) >= 11 is 0. The fourth-order valence-corrected chi connectivity index (χ4v) is 1.90. The molecule has 1 heterocycles. The molecular weight excluding hydrogens is 155 g/mol. The quantitative estimate of drug-likeness (QED) is 0.591. The minimum absolute atomic E-state index is 0.274. The second kappa shape index (κ2) is 2.51. The van der Waals surface area contributed by atoms with Crippen molar-refractivity contribution in [2.24, 2.45) is 0 Å². The third kappa shape index (κ3) is 0.924. The van der Waals surface area contributed by atoms with Crippen molar-refractivity contribution in [1.29, 1.82) is 0 Å². The first-order chi connectivity index (χ1) is 5.70. The highest BCUT2D eigenvalue weighted by Crippen LogP contribution is 2.41. The van der Waals surface area contributed by atoms with E-state index in [9.17, 15) is 4.39 Å². The van der Waals surface area contributed by atoms with Gasteiger partial charge in [0.2, 0.25) is 0 Å². The van der Waals surface area contributed by atoms with Crippen molar-refractivity contribution in [3.8, 4) is 0 Å². The van der Waals surface area contributed by atoms with Gasteiger partial charge in [0.15, 0.2) is 0 Å². The Hall–Kier alpha value is -0.990. The van der Waals surface area contributed by atoms with E-state index in [0.29, 0.717) is 12.1 Å². The van der Waals surface area contributed by atoms with Gasteiger partial charge in [0.1, 0.15) is 12.5 Å². The Balaban J connectivity index is 2.59. The van der Waals surface area contributed by atoms with E-state index in [1.807, 2.05) is 13.8 Å². The van der Waals surface area contributed by atoms with Gasteiger partial charge in [-0.15, -0.1) is 0 Å². The summed E-state index contributed by atoms with van der Waals surface area (Å²) in [6.07, 6.45) is 1.13. The van der Waals surface area contributed by atoms with Crippen molar-refractivity contribution in [2.75, 3.05) is 0 Å². The Morgan fingerprint density at radius 2 is 2.25 bits per heavy atom. The Bertz CT molecular complexity index is 311. The molecule has 2 atom stereocenters. The predicted octanol–water partition coefficient (Wildman–Crippen LogP) is 2.30. The van der Waals surface area contributed by atoms with Crippen LogP contribution in [-0.2, 0) is 0 Å². The normalized spacial score (nSPS) is 27.2. The summed E-state index contributed by atoms with van der Waals surface area (Å²) in [5.74, 6) is 0.274. The monoisotopic (exact) mass is 166 g/mol. The number of aryl methyl sites for hydroxylation is 1. The lowest BCUT2D eigenvalue weighted by molar-refractivity contribution is 0.326. The topological polar surface area (TPSA) is 25.8 Å². The van der Waals surface area contributed by atoms with E-state index in [0.717, 1.165) is 11.3 Å². The number of hydrogen-bond acceptors (Lipinski definition) is 2. The maximum absolute atomic E-state index is 13.3. The first kappa shape index (κ1) is 7.65. The average Bonchev–Trinajstić information content (AvgIpc) is 2.29. The van der Waals surface area contributed by atoms with E-state index in [1.165, 1.54) is 6.33 Å². The molecule has 0 bridgehead atoms. The summed E-state index contributed by atoms with van der Waals surface area (Å²) in [6, 6.07) is 0. The van der Waals surface area contributed by atoms with Crippen LogP contribution < -0.4 is 0 Å². The summed E-state index contributed by atoms with van der Waals surface area (Å²) < 4.78 is 13.3. The molecule has 0 spiro atoms. The molecule has 1 aliphatic rings. The molecule has 0 N–H and O–H groups in total. The number of aromatic nitrogens is 2. The highest BCUT2D eigenvalue weighted by molar-refractivity contribution is 5.33. The summed E-state index contributed by atoms with van der Waals surface area (Å²) in [5.41, 5.74) is 2.55. The molecule has 1 aromatic rings. The maximum Gasteiger partial charge on any atom is 0.143 e. The molecule has 0 fully saturated rings. The van der Waals surface area contributed by atoms with Crippen LogP contribution in [0, 0.1) is 6.92 Å². The van der Waals surface area contributed by atoms with E-state index in [1.54, 1.807) is 0 Å². The molecule has 0 aliphatic heterocycles. The summed E-state index contributed by atoms with van der Waals surface area (Å²) in [7, 11) is 0. The molecule has 2 rings (SSSR count). The van der Waals surface area contributed by atoms with Crippen molar-refractivity contribution in [3.05, 3.63) is 23.3 Å². The van der Waals surface area contributed by atoms with Crippen LogP contribution in [0.1, 0.15) is 42.4 Å². The summed E-state index contributed by atoms with van der Waals surface area (Å²) in [5, 5.41) is 0. The van der Waals surface area contributed by atoms with Crippen LogP contribution in [-0.4, -0.2) is 9.97 Å². The third-order valence-electron chi connectivity index (χ3n) is 2.46. The number of nitrogens with zero attached hydrogens (tertiary/aromatic N) is 2. The maximum atomic E-state index is 13.3. The van der Waals surface area contributed by atoms with Gasteiger partial charge >= 0.3 is 0 Å². The van der Waals surface area contributed by atoms with Gasteiger partial charge in [-0.1, -0.05) is 6.92 Å². The van der Waals surface area contributed by atoms with Gasteiger partial charge in [0, 0.05) is 11.3 Å². The van der Waals surface area contributed by atoms with Crippen LogP contribution in [0.4, 0.5) is 4.39 Å². The molecule has 0 saturated carbocycles. The average molecular weight is 166 g/mol. The number of hydrogen-bond donors (Lipinski definition) is 0. The van der Waals surface area contributed by atoms with Gasteiger partial charge in [0.25, 0.3) is 0 Å². The molecule has 2 nitrogen and oxygen atoms in total. The molecule has 64 valence electrons. The van der Waals surface area contributed by atoms with Gasteiger partial charge < -0.3 is 0 Å². The Labute approximate surface area is 70.9 Å². The van der Waals surface area contributed by atoms with Crippen molar-refractivity contribution < 1.29 is 4.39 Å². The smallest absolute Gasteiger partial charge is 0.143 e. The lowest BCUT2D eigenvalue weighted by Crippen LogP contribution is -1.97. The molecule has 1 aliphatic carbocycles. The fourth-order valence-electron chi connectivity index (χ4n) is 1.90. The molecule has 0 saturated heterocycles. The van der Waals surface area contributed by atoms with Crippen molar-refractivity contribution in [1.82, 2.24) is 9.97 Å². The van der Waals surface area contributed by atoms with Gasteiger partial charge in [-0.05, 0) is 19.3 Å². The summed E-state index contributed by atoms with van der Waals surface area (Å²) in [4.78, 5) is 8.02. The van der Waals surface area contributed by atoms with E-state index in [4.69, 9.17) is 0 Å². The van der Waals surface area contributed by atoms with Crippen LogP contribution in [0.5, 0.6) is 0 Å². The zero-order valence-corrected chi connectivity index (χ0v) is 7.21. The number of rotatable bonds is 0. The van der Waals surface area contributed by atoms with Gasteiger partial charge in [0.05, 0.1) is 5.69 Å². The number of alkyl halides is 1. The Kier molecular flexibility index (Phi) is 1.60. The second-order valence-corrected chi connectivity index (χ2v) is 3.36. The molecule has 0 amide bonds. The molecule has 0 radical (unpaired) electrons. The van der Waals surface area contributed by atoms with Gasteiger partial charge in [-0.25, -0.2) is 14.4 Å². The molecule has 0 unspecified atom stereocenters. The van der Waals surface area contributed by atoms with E-state index in [-0.39, 0.29) is 5.92 Å². The first-order valence-corrected chi connectivity index (χ1v) is 4.15. The minimum Gasteiger partial charge on any atom is -0.241 e. The molecular formula is C9H11FN2. The fraction of sp³-hybridized carbons (Fsp3) is 0.556. The Morgan fingerprint density at radius 1 is 1.50 bits per heavy atom. The van der Waals surface area contributed by atoms with Crippen LogP contribution in [0.2, 0.25) is 0 Å². The molecule has 12 heavy (non-hydrogen) atoms. The standard InChI is InChI=1S/C9H11FN2/c1-5-3-7(10)9-8(5)6(2)11-4-12-9/h4-5,7H,3H2,1-2H3/t5-,7+/m1/s1. The zero-order valence-electron chi connectivity index (χ0n) is 7.21. The lowest BCUT2D eigenvalue weighted by atomic mass is 10.0. The highest BCUT2D eigenvalue weighted by atomic mass is 19.1. The predicted molar refractivity (Wildman–Crippen MR) is 43.7 cm³/mol. The van der Waals surface area contributed by atoms with Crippen LogP contribution in [0.3, 0.4) is 0 Å². The second-order valence-electron chi connectivity index (χ2n) is 3.36. The minimum atomic E-state index is -0.878. The molecule has 0 aromatic carbocycles. The van der Waals surface area contributed by atoms with Crippen molar-refractivity contribution >= 4 is 0 Å². The van der Waals surface area contributed by atoms with Gasteiger partial charge in [-0.3, -0.25) is 0 Å². The number of fused-ring (bicyclic) bond motifs is 1. The largest absolute Gasteiger partial charge is 0.241 e. The zero-order chi connectivity index (χ0) is 8.72. The first-order valence-electron chi connectivity index (χ1n) is 4.15. The lowest BCUT2D eigenvalue weighted by Gasteiger charge is -2.04. The number of halogens is 1. The van der Waals surface area contributed by atoms with Gasteiger partial charge in [-0.2, -0.15) is 0 Å². The Morgan fingerprint density at radius 3 is 2.92 bits per heavy atom. The van der Waals surface area contributed by atoms with Crippen LogP contribution in [0.25, 0.3) is 0 Å². The van der Waals surface area contributed by atoms with E-state index >= 15 is 0 Å². The van der Waals surface area contributed by atoms with E-state index < -0.39 is 6.17 Å². The molecule has 1 aromatic heterocycles. The van der Waals surface area contributed by atoms with Crippen LogP contribution in [0.15, 0.2) is 6.33 Å². The SMILES string of the molecule is Cc1ncnc2c1[C@H](C)C[C@@H]2F.